The molecule has 2 rings (SSSR count). The van der Waals surface area contributed by atoms with Crippen LogP contribution in [0.25, 0.3) is 0 Å². The largest absolute Gasteiger partial charge is 0.496 e. The molecule has 7 heteroatoms. The molecule has 26 heavy (non-hydrogen) atoms. The lowest BCUT2D eigenvalue weighted by Gasteiger charge is -2.13. The standard InChI is InChI=1S/C19H26N4O2.HI/c1-14-5-6-15(11-17(14)24-3)9-10-21-19(20-2)23-13-16-7-8-18(25-4)22-12-16;/h5-8,11-12H,9-10,13H2,1-4H3,(H2,20,21,23);1H. The van der Waals surface area contributed by atoms with Crippen LogP contribution >= 0.6 is 24.0 Å². The van der Waals surface area contributed by atoms with Crippen LogP contribution in [0.3, 0.4) is 0 Å². The second kappa shape index (κ2) is 11.6. The Morgan fingerprint density at radius 2 is 1.85 bits per heavy atom. The van der Waals surface area contributed by atoms with Gasteiger partial charge in [-0.05, 0) is 36.1 Å². The van der Waals surface area contributed by atoms with Crippen molar-refractivity contribution in [3.05, 3.63) is 53.2 Å². The van der Waals surface area contributed by atoms with Crippen LogP contribution in [0.15, 0.2) is 41.5 Å². The minimum absolute atomic E-state index is 0. The van der Waals surface area contributed by atoms with Crippen molar-refractivity contribution in [2.45, 2.75) is 19.9 Å². The number of pyridine rings is 1. The number of aliphatic imine (C=N–C) groups is 1. The van der Waals surface area contributed by atoms with Crippen LogP contribution in [-0.2, 0) is 13.0 Å². The molecule has 1 heterocycles. The zero-order valence-corrected chi connectivity index (χ0v) is 18.0. The summed E-state index contributed by atoms with van der Waals surface area (Å²) in [4.78, 5) is 8.43. The Bertz CT molecular complexity index is 705. The van der Waals surface area contributed by atoms with Crippen molar-refractivity contribution in [2.24, 2.45) is 4.99 Å². The summed E-state index contributed by atoms with van der Waals surface area (Å²) in [5.41, 5.74) is 3.43. The highest BCUT2D eigenvalue weighted by Gasteiger charge is 2.02. The molecular weight excluding hydrogens is 443 g/mol. The van der Waals surface area contributed by atoms with E-state index in [2.05, 4.69) is 38.8 Å². The number of nitrogens with one attached hydrogen (secondary N) is 2. The second-order valence-electron chi connectivity index (χ2n) is 5.62. The van der Waals surface area contributed by atoms with Crippen molar-refractivity contribution >= 4 is 29.9 Å². The topological polar surface area (TPSA) is 67.8 Å². The molecule has 1 aromatic heterocycles. The zero-order chi connectivity index (χ0) is 18.1. The van der Waals surface area contributed by atoms with Gasteiger partial charge in [-0.2, -0.15) is 0 Å². The number of hydrogen-bond acceptors (Lipinski definition) is 4. The number of hydrogen-bond donors (Lipinski definition) is 2. The van der Waals surface area contributed by atoms with Gasteiger partial charge in [-0.25, -0.2) is 4.98 Å². The lowest BCUT2D eigenvalue weighted by Crippen LogP contribution is -2.37. The molecule has 0 bridgehead atoms. The first-order chi connectivity index (χ1) is 12.2. The van der Waals surface area contributed by atoms with E-state index in [9.17, 15) is 0 Å². The highest BCUT2D eigenvalue weighted by Crippen LogP contribution is 2.18. The fraction of sp³-hybridized carbons (Fsp3) is 0.368. The van der Waals surface area contributed by atoms with Gasteiger partial charge in [0.25, 0.3) is 0 Å². The summed E-state index contributed by atoms with van der Waals surface area (Å²) in [7, 11) is 5.07. The molecule has 2 N–H and O–H groups in total. The molecule has 0 atom stereocenters. The summed E-state index contributed by atoms with van der Waals surface area (Å²) in [5.74, 6) is 2.29. The van der Waals surface area contributed by atoms with Crippen molar-refractivity contribution in [1.29, 1.82) is 0 Å². The average Bonchev–Trinajstić information content (AvgIpc) is 2.66. The van der Waals surface area contributed by atoms with E-state index in [1.807, 2.05) is 19.1 Å². The Labute approximate surface area is 172 Å². The summed E-state index contributed by atoms with van der Waals surface area (Å²) in [5, 5.41) is 6.59. The highest BCUT2D eigenvalue weighted by atomic mass is 127. The third kappa shape index (κ3) is 6.70. The van der Waals surface area contributed by atoms with E-state index in [0.717, 1.165) is 35.8 Å². The van der Waals surface area contributed by atoms with Crippen LogP contribution in [0.2, 0.25) is 0 Å². The van der Waals surface area contributed by atoms with E-state index < -0.39 is 0 Å². The van der Waals surface area contributed by atoms with Crippen LogP contribution in [-0.4, -0.2) is 38.8 Å². The van der Waals surface area contributed by atoms with Crippen molar-refractivity contribution < 1.29 is 9.47 Å². The molecule has 1 aromatic carbocycles. The van der Waals surface area contributed by atoms with Crippen LogP contribution in [0.4, 0.5) is 0 Å². The van der Waals surface area contributed by atoms with E-state index in [4.69, 9.17) is 9.47 Å². The Hall–Kier alpha value is -2.03. The van der Waals surface area contributed by atoms with Gasteiger partial charge in [0.15, 0.2) is 5.96 Å². The number of ether oxygens (including phenoxy) is 2. The monoisotopic (exact) mass is 470 g/mol. The fourth-order valence-electron chi connectivity index (χ4n) is 2.39. The molecule has 0 radical (unpaired) electrons. The fourth-order valence-corrected chi connectivity index (χ4v) is 2.39. The molecule has 0 saturated carbocycles. The molecule has 0 aliphatic carbocycles. The molecule has 0 spiro atoms. The Morgan fingerprint density at radius 3 is 2.46 bits per heavy atom. The summed E-state index contributed by atoms with van der Waals surface area (Å²) in [6.45, 7) is 3.47. The van der Waals surface area contributed by atoms with Crippen molar-refractivity contribution in [3.63, 3.8) is 0 Å². The van der Waals surface area contributed by atoms with Crippen LogP contribution in [0.1, 0.15) is 16.7 Å². The van der Waals surface area contributed by atoms with E-state index in [0.29, 0.717) is 12.4 Å². The van der Waals surface area contributed by atoms with Gasteiger partial charge in [0.05, 0.1) is 14.2 Å². The molecule has 0 saturated heterocycles. The number of nitrogens with zero attached hydrogens (tertiary/aromatic N) is 2. The van der Waals surface area contributed by atoms with E-state index in [-0.39, 0.29) is 24.0 Å². The number of guanidine groups is 1. The van der Waals surface area contributed by atoms with Gasteiger partial charge in [0, 0.05) is 32.4 Å². The van der Waals surface area contributed by atoms with Gasteiger partial charge in [-0.1, -0.05) is 18.2 Å². The van der Waals surface area contributed by atoms with Gasteiger partial charge in [-0.15, -0.1) is 24.0 Å². The molecule has 0 fully saturated rings. The van der Waals surface area contributed by atoms with Crippen molar-refractivity contribution in [1.82, 2.24) is 15.6 Å². The summed E-state index contributed by atoms with van der Waals surface area (Å²) < 4.78 is 10.4. The smallest absolute Gasteiger partial charge is 0.212 e. The number of methoxy groups -OCH3 is 2. The molecular formula is C19H27IN4O2. The number of benzene rings is 1. The zero-order valence-electron chi connectivity index (χ0n) is 15.7. The van der Waals surface area contributed by atoms with Gasteiger partial charge in [0.1, 0.15) is 5.75 Å². The number of aryl methyl sites for hydroxylation is 1. The molecule has 142 valence electrons. The normalized spacial score (nSPS) is 10.7. The highest BCUT2D eigenvalue weighted by molar-refractivity contribution is 14.0. The quantitative estimate of drug-likeness (QED) is 0.370. The SMILES string of the molecule is CN=C(NCCc1ccc(C)c(OC)c1)NCc1ccc(OC)nc1.I. The predicted molar refractivity (Wildman–Crippen MR) is 116 cm³/mol. The van der Waals surface area contributed by atoms with Crippen molar-refractivity contribution in [2.75, 3.05) is 27.8 Å². The van der Waals surface area contributed by atoms with Crippen LogP contribution in [0, 0.1) is 6.92 Å². The first-order valence-electron chi connectivity index (χ1n) is 8.23. The van der Waals surface area contributed by atoms with Gasteiger partial charge in [0.2, 0.25) is 5.88 Å². The molecule has 6 nitrogen and oxygen atoms in total. The molecule has 0 unspecified atom stereocenters. The lowest BCUT2D eigenvalue weighted by atomic mass is 10.1. The van der Waals surface area contributed by atoms with E-state index >= 15 is 0 Å². The lowest BCUT2D eigenvalue weighted by molar-refractivity contribution is 0.397. The van der Waals surface area contributed by atoms with E-state index in [1.165, 1.54) is 5.56 Å². The average molecular weight is 470 g/mol. The van der Waals surface area contributed by atoms with Gasteiger partial charge < -0.3 is 20.1 Å². The van der Waals surface area contributed by atoms with Crippen molar-refractivity contribution in [3.8, 4) is 11.6 Å². The molecule has 0 aliphatic heterocycles. The number of rotatable bonds is 7. The minimum Gasteiger partial charge on any atom is -0.496 e. The maximum Gasteiger partial charge on any atom is 0.212 e. The van der Waals surface area contributed by atoms with Crippen LogP contribution in [0.5, 0.6) is 11.6 Å². The molecule has 2 aromatic rings. The van der Waals surface area contributed by atoms with E-state index in [1.54, 1.807) is 27.5 Å². The second-order valence-corrected chi connectivity index (χ2v) is 5.62. The maximum absolute atomic E-state index is 5.37. The number of halogens is 1. The first kappa shape index (κ1) is 22.0. The Kier molecular flexibility index (Phi) is 9.79. The summed E-state index contributed by atoms with van der Waals surface area (Å²) >= 11 is 0. The third-order valence-electron chi connectivity index (χ3n) is 3.87. The maximum atomic E-state index is 5.37. The number of aromatic nitrogens is 1. The minimum atomic E-state index is 0. The van der Waals surface area contributed by atoms with Crippen LogP contribution < -0.4 is 20.1 Å². The van der Waals surface area contributed by atoms with Gasteiger partial charge >= 0.3 is 0 Å². The summed E-state index contributed by atoms with van der Waals surface area (Å²) in [6.07, 6.45) is 2.68. The summed E-state index contributed by atoms with van der Waals surface area (Å²) in [6, 6.07) is 10.1. The molecule has 0 amide bonds. The Morgan fingerprint density at radius 1 is 1.08 bits per heavy atom. The first-order valence-corrected chi connectivity index (χ1v) is 8.23. The van der Waals surface area contributed by atoms with Gasteiger partial charge in [-0.3, -0.25) is 4.99 Å². The Balaban J connectivity index is 0.00000338. The predicted octanol–water partition coefficient (Wildman–Crippen LogP) is 2.93. The third-order valence-corrected chi connectivity index (χ3v) is 3.87. The molecule has 0 aliphatic rings.